The lowest BCUT2D eigenvalue weighted by Crippen LogP contribution is -2.47. The maximum atomic E-state index is 13.1. The molecule has 1 aliphatic heterocycles. The number of carbonyl (C=O) groups excluding carboxylic acids is 1. The minimum Gasteiger partial charge on any atom is -0.335 e. The summed E-state index contributed by atoms with van der Waals surface area (Å²) in [6, 6.07) is 8.30. The van der Waals surface area contributed by atoms with Crippen LogP contribution in [0.2, 0.25) is 0 Å². The maximum Gasteiger partial charge on any atom is 0.233 e. The first-order chi connectivity index (χ1) is 13.9. The van der Waals surface area contributed by atoms with E-state index < -0.39 is 9.84 Å². The van der Waals surface area contributed by atoms with Gasteiger partial charge in [0.2, 0.25) is 5.91 Å². The molecular weight excluding hydrogens is 424 g/mol. The Kier molecular flexibility index (Phi) is 6.32. The fourth-order valence-corrected chi connectivity index (χ4v) is 7.68. The van der Waals surface area contributed by atoms with Gasteiger partial charge in [-0.1, -0.05) is 54.4 Å². The molecule has 0 N–H and O–H groups in total. The van der Waals surface area contributed by atoms with Gasteiger partial charge in [0.25, 0.3) is 0 Å². The van der Waals surface area contributed by atoms with Crippen LogP contribution < -0.4 is 0 Å². The molecule has 1 aromatic heterocycles. The van der Waals surface area contributed by atoms with Crippen molar-refractivity contribution in [2.24, 2.45) is 0 Å². The smallest absolute Gasteiger partial charge is 0.233 e. The van der Waals surface area contributed by atoms with Gasteiger partial charge in [0, 0.05) is 23.0 Å². The third-order valence-corrected chi connectivity index (χ3v) is 9.51. The highest BCUT2D eigenvalue weighted by molar-refractivity contribution is 8.01. The molecule has 1 aromatic carbocycles. The molecule has 4 rings (SSSR count). The van der Waals surface area contributed by atoms with Crippen LogP contribution in [-0.2, 0) is 14.6 Å². The zero-order chi connectivity index (χ0) is 20.4. The largest absolute Gasteiger partial charge is 0.335 e. The van der Waals surface area contributed by atoms with E-state index in [1.54, 1.807) is 11.3 Å². The summed E-state index contributed by atoms with van der Waals surface area (Å²) < 4.78 is 24.8. The number of nitrogens with zero attached hydrogens (tertiary/aromatic N) is 2. The standard InChI is InChI=1S/C21H26N2O3S3/c1-15-6-8-16(9-7-15)19-12-27-21(22-19)28-13-20(24)23(17-4-2-3-5-17)18-10-11-29(25,26)14-18/h6-9,12,17-18H,2-5,10-11,13-14H2,1H3. The lowest BCUT2D eigenvalue weighted by Gasteiger charge is -2.34. The van der Waals surface area contributed by atoms with Gasteiger partial charge in [-0.2, -0.15) is 0 Å². The van der Waals surface area contributed by atoms with Gasteiger partial charge >= 0.3 is 0 Å². The molecule has 1 aliphatic carbocycles. The van der Waals surface area contributed by atoms with Crippen LogP contribution in [0.4, 0.5) is 0 Å². The molecule has 0 radical (unpaired) electrons. The van der Waals surface area contributed by atoms with Crippen LogP contribution in [0.15, 0.2) is 34.0 Å². The van der Waals surface area contributed by atoms with Crippen molar-refractivity contribution in [1.29, 1.82) is 0 Å². The van der Waals surface area contributed by atoms with Crippen LogP contribution in [0.5, 0.6) is 0 Å². The summed E-state index contributed by atoms with van der Waals surface area (Å²) >= 11 is 3.01. The predicted octanol–water partition coefficient (Wildman–Crippen LogP) is 4.17. The van der Waals surface area contributed by atoms with Gasteiger partial charge in [0.1, 0.15) is 0 Å². The Balaban J connectivity index is 1.42. The van der Waals surface area contributed by atoms with E-state index in [9.17, 15) is 13.2 Å². The number of thioether (sulfide) groups is 1. The quantitative estimate of drug-likeness (QED) is 0.618. The molecule has 1 unspecified atom stereocenters. The van der Waals surface area contributed by atoms with Crippen LogP contribution in [0.25, 0.3) is 11.3 Å². The van der Waals surface area contributed by atoms with Gasteiger partial charge < -0.3 is 4.90 Å². The molecule has 8 heteroatoms. The van der Waals surface area contributed by atoms with E-state index in [1.165, 1.54) is 17.3 Å². The Labute approximate surface area is 180 Å². The number of amides is 1. The first-order valence-electron chi connectivity index (χ1n) is 10.1. The third kappa shape index (κ3) is 5.03. The van der Waals surface area contributed by atoms with E-state index in [0.29, 0.717) is 12.2 Å². The van der Waals surface area contributed by atoms with Crippen molar-refractivity contribution in [3.05, 3.63) is 35.2 Å². The zero-order valence-corrected chi connectivity index (χ0v) is 19.0. The van der Waals surface area contributed by atoms with E-state index >= 15 is 0 Å². The second-order valence-electron chi connectivity index (χ2n) is 7.95. The Morgan fingerprint density at radius 1 is 1.17 bits per heavy atom. The molecule has 1 atom stereocenters. The normalized spacial score (nSPS) is 21.5. The topological polar surface area (TPSA) is 67.3 Å². The lowest BCUT2D eigenvalue weighted by molar-refractivity contribution is -0.132. The fourth-order valence-electron chi connectivity index (χ4n) is 4.26. The number of hydrogen-bond acceptors (Lipinski definition) is 6. The minimum atomic E-state index is -3.01. The molecule has 2 aliphatic rings. The van der Waals surface area contributed by atoms with E-state index in [0.717, 1.165) is 41.3 Å². The molecule has 0 bridgehead atoms. The van der Waals surface area contributed by atoms with Crippen molar-refractivity contribution in [2.45, 2.75) is 55.5 Å². The molecule has 156 valence electrons. The average Bonchev–Trinajstić information content (AvgIpc) is 3.43. The number of carbonyl (C=O) groups is 1. The molecule has 1 saturated carbocycles. The van der Waals surface area contributed by atoms with Crippen molar-refractivity contribution in [1.82, 2.24) is 9.88 Å². The van der Waals surface area contributed by atoms with E-state index in [1.807, 2.05) is 10.3 Å². The number of sulfone groups is 1. The van der Waals surface area contributed by atoms with Crippen LogP contribution >= 0.6 is 23.1 Å². The predicted molar refractivity (Wildman–Crippen MR) is 119 cm³/mol. The average molecular weight is 451 g/mol. The van der Waals surface area contributed by atoms with Gasteiger partial charge in [-0.25, -0.2) is 13.4 Å². The highest BCUT2D eigenvalue weighted by atomic mass is 32.2. The highest BCUT2D eigenvalue weighted by Gasteiger charge is 2.38. The van der Waals surface area contributed by atoms with Gasteiger partial charge in [-0.05, 0) is 26.2 Å². The fraction of sp³-hybridized carbons (Fsp3) is 0.524. The zero-order valence-electron chi connectivity index (χ0n) is 16.5. The van der Waals surface area contributed by atoms with E-state index in [4.69, 9.17) is 0 Å². The molecule has 2 aromatic rings. The first kappa shape index (κ1) is 20.9. The molecule has 2 heterocycles. The number of aryl methyl sites for hydroxylation is 1. The number of thiazole rings is 1. The lowest BCUT2D eigenvalue weighted by atomic mass is 10.1. The summed E-state index contributed by atoms with van der Waals surface area (Å²) in [5, 5.41) is 2.02. The van der Waals surface area contributed by atoms with Crippen molar-refractivity contribution in [2.75, 3.05) is 17.3 Å². The number of benzene rings is 1. The molecule has 1 amide bonds. The molecule has 2 fully saturated rings. The summed E-state index contributed by atoms with van der Waals surface area (Å²) in [5.74, 6) is 0.687. The number of aromatic nitrogens is 1. The molecule has 29 heavy (non-hydrogen) atoms. The molecule has 0 spiro atoms. The Bertz CT molecular complexity index is 963. The van der Waals surface area contributed by atoms with Crippen molar-refractivity contribution >= 4 is 38.8 Å². The van der Waals surface area contributed by atoms with Crippen molar-refractivity contribution in [3.8, 4) is 11.3 Å². The third-order valence-electron chi connectivity index (χ3n) is 5.76. The van der Waals surface area contributed by atoms with Crippen LogP contribution in [0.3, 0.4) is 0 Å². The minimum absolute atomic E-state index is 0.0519. The van der Waals surface area contributed by atoms with Crippen LogP contribution in [0.1, 0.15) is 37.7 Å². The van der Waals surface area contributed by atoms with Gasteiger partial charge in [-0.3, -0.25) is 4.79 Å². The van der Waals surface area contributed by atoms with Crippen molar-refractivity contribution < 1.29 is 13.2 Å². The van der Waals surface area contributed by atoms with E-state index in [-0.39, 0.29) is 29.5 Å². The molecular formula is C21H26N2O3S3. The van der Waals surface area contributed by atoms with Crippen molar-refractivity contribution in [3.63, 3.8) is 0 Å². The van der Waals surface area contributed by atoms with Crippen LogP contribution in [0, 0.1) is 6.92 Å². The summed E-state index contributed by atoms with van der Waals surface area (Å²) in [6.07, 6.45) is 4.79. The highest BCUT2D eigenvalue weighted by Crippen LogP contribution is 2.32. The molecule has 1 saturated heterocycles. The molecule has 5 nitrogen and oxygen atoms in total. The summed E-state index contributed by atoms with van der Waals surface area (Å²) in [4.78, 5) is 19.7. The number of hydrogen-bond donors (Lipinski definition) is 0. The summed E-state index contributed by atoms with van der Waals surface area (Å²) in [6.45, 7) is 2.06. The Hall–Kier alpha value is -1.38. The van der Waals surface area contributed by atoms with Gasteiger partial charge in [0.15, 0.2) is 14.2 Å². The van der Waals surface area contributed by atoms with Gasteiger partial charge in [0.05, 0.1) is 23.0 Å². The summed E-state index contributed by atoms with van der Waals surface area (Å²) in [5.41, 5.74) is 3.22. The Morgan fingerprint density at radius 3 is 2.55 bits per heavy atom. The van der Waals surface area contributed by atoms with Gasteiger partial charge in [-0.15, -0.1) is 11.3 Å². The number of rotatable bonds is 6. The second-order valence-corrected chi connectivity index (χ2v) is 12.3. The second kappa shape index (κ2) is 8.78. The SMILES string of the molecule is Cc1ccc(-c2csc(SCC(=O)N(C3CCCC3)C3CCS(=O)(=O)C3)n2)cc1. The summed E-state index contributed by atoms with van der Waals surface area (Å²) in [7, 11) is -3.01. The Morgan fingerprint density at radius 2 is 1.90 bits per heavy atom. The first-order valence-corrected chi connectivity index (χ1v) is 13.8. The maximum absolute atomic E-state index is 13.1. The monoisotopic (exact) mass is 450 g/mol. The van der Waals surface area contributed by atoms with Crippen LogP contribution in [-0.4, -0.2) is 53.6 Å². The van der Waals surface area contributed by atoms with E-state index in [2.05, 4.69) is 36.2 Å².